The number of nitrogens with zero attached hydrogens (tertiary/aromatic N) is 2. The van der Waals surface area contributed by atoms with Crippen LogP contribution in [0.2, 0.25) is 0 Å². The van der Waals surface area contributed by atoms with Crippen LogP contribution in [-0.2, 0) is 11.2 Å². The Balaban J connectivity index is 1.81. The molecule has 0 saturated carbocycles. The van der Waals surface area contributed by atoms with Gasteiger partial charge in [0.15, 0.2) is 5.69 Å². The number of carbonyl (C=O) groups excluding carboxylic acids is 2. The monoisotopic (exact) mass is 376 g/mol. The molecule has 0 aliphatic carbocycles. The van der Waals surface area contributed by atoms with Gasteiger partial charge in [-0.25, -0.2) is 4.68 Å². The summed E-state index contributed by atoms with van der Waals surface area (Å²) in [4.78, 5) is 35.7. The van der Waals surface area contributed by atoms with Gasteiger partial charge in [-0.2, -0.15) is 5.10 Å². The van der Waals surface area contributed by atoms with Crippen molar-refractivity contribution in [2.24, 2.45) is 0 Å². The molecule has 0 bridgehead atoms. The molecule has 7 nitrogen and oxygen atoms in total. The van der Waals surface area contributed by atoms with Gasteiger partial charge < -0.3 is 10.6 Å². The molecule has 1 aromatic heterocycles. The Hall–Kier alpha value is -3.74. The summed E-state index contributed by atoms with van der Waals surface area (Å²) in [6.45, 7) is 3.48. The second-order valence-corrected chi connectivity index (χ2v) is 6.21. The molecule has 28 heavy (non-hydrogen) atoms. The number of aromatic nitrogens is 2. The Kier molecular flexibility index (Phi) is 5.64. The van der Waals surface area contributed by atoms with E-state index in [-0.39, 0.29) is 11.6 Å². The second kappa shape index (κ2) is 8.30. The van der Waals surface area contributed by atoms with Crippen molar-refractivity contribution in [3.05, 3.63) is 82.3 Å². The van der Waals surface area contributed by atoms with Gasteiger partial charge in [0.2, 0.25) is 11.3 Å². The van der Waals surface area contributed by atoms with Crippen molar-refractivity contribution < 1.29 is 9.59 Å². The third-order valence-corrected chi connectivity index (χ3v) is 4.10. The first-order valence-electron chi connectivity index (χ1n) is 8.84. The number of hydrogen-bond acceptors (Lipinski definition) is 4. The minimum atomic E-state index is -0.600. The maximum atomic E-state index is 12.5. The summed E-state index contributed by atoms with van der Waals surface area (Å²) < 4.78 is 1.50. The summed E-state index contributed by atoms with van der Waals surface area (Å²) in [6, 6.07) is 15.6. The lowest BCUT2D eigenvalue weighted by Gasteiger charge is -2.09. The SMILES string of the molecule is CCc1ccc(-n2ccc(=O)c(C(=O)Nc3ccc(NC(C)=O)cc3)n2)cc1. The van der Waals surface area contributed by atoms with Crippen LogP contribution in [0.15, 0.2) is 65.6 Å². The fourth-order valence-corrected chi connectivity index (χ4v) is 2.62. The maximum absolute atomic E-state index is 12.5. The van der Waals surface area contributed by atoms with Crippen molar-refractivity contribution in [2.45, 2.75) is 20.3 Å². The zero-order chi connectivity index (χ0) is 20.1. The first kappa shape index (κ1) is 19.0. The summed E-state index contributed by atoms with van der Waals surface area (Å²) in [6.07, 6.45) is 2.45. The molecule has 2 amide bonds. The predicted molar refractivity (Wildman–Crippen MR) is 108 cm³/mol. The second-order valence-electron chi connectivity index (χ2n) is 6.21. The number of anilines is 2. The largest absolute Gasteiger partial charge is 0.326 e. The highest BCUT2D eigenvalue weighted by molar-refractivity contribution is 6.02. The molecule has 0 radical (unpaired) electrons. The molecule has 1 heterocycles. The van der Waals surface area contributed by atoms with Crippen molar-refractivity contribution in [1.29, 1.82) is 0 Å². The zero-order valence-corrected chi connectivity index (χ0v) is 15.6. The summed E-state index contributed by atoms with van der Waals surface area (Å²) in [7, 11) is 0. The smallest absolute Gasteiger partial charge is 0.280 e. The van der Waals surface area contributed by atoms with Gasteiger partial charge in [-0.1, -0.05) is 19.1 Å². The number of nitrogens with one attached hydrogen (secondary N) is 2. The van der Waals surface area contributed by atoms with E-state index in [1.54, 1.807) is 24.3 Å². The van der Waals surface area contributed by atoms with Crippen LogP contribution in [0, 0.1) is 0 Å². The Labute approximate surface area is 162 Å². The van der Waals surface area contributed by atoms with Gasteiger partial charge in [-0.15, -0.1) is 0 Å². The normalized spacial score (nSPS) is 10.4. The number of rotatable bonds is 5. The Bertz CT molecular complexity index is 1050. The van der Waals surface area contributed by atoms with E-state index < -0.39 is 11.3 Å². The van der Waals surface area contributed by atoms with E-state index in [1.165, 1.54) is 29.4 Å². The van der Waals surface area contributed by atoms with Crippen LogP contribution in [0.25, 0.3) is 5.69 Å². The van der Waals surface area contributed by atoms with E-state index in [0.29, 0.717) is 11.4 Å². The molecule has 142 valence electrons. The number of carbonyl (C=O) groups is 2. The molecule has 0 aliphatic rings. The molecule has 2 aromatic carbocycles. The number of amides is 2. The average Bonchev–Trinajstić information content (AvgIpc) is 2.69. The lowest BCUT2D eigenvalue weighted by molar-refractivity contribution is -0.114. The lowest BCUT2D eigenvalue weighted by atomic mass is 10.1. The third-order valence-electron chi connectivity index (χ3n) is 4.10. The van der Waals surface area contributed by atoms with Crippen molar-refractivity contribution >= 4 is 23.2 Å². The summed E-state index contributed by atoms with van der Waals surface area (Å²) >= 11 is 0. The van der Waals surface area contributed by atoms with Crippen LogP contribution in [-0.4, -0.2) is 21.6 Å². The van der Waals surface area contributed by atoms with E-state index in [0.717, 1.165) is 12.1 Å². The fourth-order valence-electron chi connectivity index (χ4n) is 2.62. The predicted octanol–water partition coefficient (Wildman–Crippen LogP) is 3.01. The van der Waals surface area contributed by atoms with Crippen molar-refractivity contribution in [1.82, 2.24) is 9.78 Å². The quantitative estimate of drug-likeness (QED) is 0.716. The van der Waals surface area contributed by atoms with Crippen LogP contribution >= 0.6 is 0 Å². The van der Waals surface area contributed by atoms with E-state index in [2.05, 4.69) is 22.7 Å². The van der Waals surface area contributed by atoms with E-state index >= 15 is 0 Å². The Morgan fingerprint density at radius 2 is 1.54 bits per heavy atom. The Morgan fingerprint density at radius 3 is 2.11 bits per heavy atom. The highest BCUT2D eigenvalue weighted by Crippen LogP contribution is 2.14. The Morgan fingerprint density at radius 1 is 0.929 bits per heavy atom. The zero-order valence-electron chi connectivity index (χ0n) is 15.6. The first-order chi connectivity index (χ1) is 13.5. The van der Waals surface area contributed by atoms with E-state index in [1.807, 2.05) is 24.3 Å². The topological polar surface area (TPSA) is 93.1 Å². The van der Waals surface area contributed by atoms with Crippen LogP contribution in [0.1, 0.15) is 29.9 Å². The molecule has 0 spiro atoms. The van der Waals surface area contributed by atoms with Crippen LogP contribution in [0.5, 0.6) is 0 Å². The number of hydrogen-bond donors (Lipinski definition) is 2. The molecule has 0 aliphatic heterocycles. The fraction of sp³-hybridized carbons (Fsp3) is 0.143. The van der Waals surface area contributed by atoms with Gasteiger partial charge >= 0.3 is 0 Å². The molecule has 3 rings (SSSR count). The molecule has 0 atom stereocenters. The van der Waals surface area contributed by atoms with Crippen molar-refractivity contribution in [3.8, 4) is 5.69 Å². The summed E-state index contributed by atoms with van der Waals surface area (Å²) in [5, 5.41) is 9.48. The van der Waals surface area contributed by atoms with E-state index in [4.69, 9.17) is 0 Å². The third kappa shape index (κ3) is 4.50. The molecule has 0 fully saturated rings. The molecule has 2 N–H and O–H groups in total. The maximum Gasteiger partial charge on any atom is 0.280 e. The standard InChI is InChI=1S/C21H20N4O3/c1-3-15-4-10-18(11-5-15)25-13-12-19(27)20(24-25)21(28)23-17-8-6-16(7-9-17)22-14(2)26/h4-13H,3H2,1-2H3,(H,22,26)(H,23,28). The van der Waals surface area contributed by atoms with E-state index in [9.17, 15) is 14.4 Å². The first-order valence-corrected chi connectivity index (χ1v) is 8.84. The number of aryl methyl sites for hydroxylation is 1. The molecule has 3 aromatic rings. The summed E-state index contributed by atoms with van der Waals surface area (Å²) in [5.41, 5.74) is 2.38. The average molecular weight is 376 g/mol. The minimum Gasteiger partial charge on any atom is -0.326 e. The molecule has 0 unspecified atom stereocenters. The van der Waals surface area contributed by atoms with Crippen molar-refractivity contribution in [3.63, 3.8) is 0 Å². The van der Waals surface area contributed by atoms with Crippen LogP contribution in [0.4, 0.5) is 11.4 Å². The van der Waals surface area contributed by atoms with Crippen molar-refractivity contribution in [2.75, 3.05) is 10.6 Å². The highest BCUT2D eigenvalue weighted by Gasteiger charge is 2.14. The molecule has 0 saturated heterocycles. The van der Waals surface area contributed by atoms with Gasteiger partial charge in [-0.05, 0) is 48.4 Å². The number of benzene rings is 2. The minimum absolute atomic E-state index is 0.183. The van der Waals surface area contributed by atoms with Crippen LogP contribution in [0.3, 0.4) is 0 Å². The molecular formula is C21H20N4O3. The van der Waals surface area contributed by atoms with Gasteiger partial charge in [0.05, 0.1) is 5.69 Å². The van der Waals surface area contributed by atoms with Gasteiger partial charge in [-0.3, -0.25) is 14.4 Å². The molecular weight excluding hydrogens is 356 g/mol. The van der Waals surface area contributed by atoms with Gasteiger partial charge in [0, 0.05) is 30.6 Å². The lowest BCUT2D eigenvalue weighted by Crippen LogP contribution is -2.25. The van der Waals surface area contributed by atoms with Gasteiger partial charge in [0.25, 0.3) is 5.91 Å². The molecule has 7 heteroatoms. The van der Waals surface area contributed by atoms with Gasteiger partial charge in [0.1, 0.15) is 0 Å². The summed E-state index contributed by atoms with van der Waals surface area (Å²) in [5.74, 6) is -0.783. The van der Waals surface area contributed by atoms with Crippen LogP contribution < -0.4 is 16.1 Å². The highest BCUT2D eigenvalue weighted by atomic mass is 16.2.